The van der Waals surface area contributed by atoms with Gasteiger partial charge in [-0.2, -0.15) is 8.42 Å². The van der Waals surface area contributed by atoms with Gasteiger partial charge in [0.2, 0.25) is 25.8 Å². The van der Waals surface area contributed by atoms with Gasteiger partial charge in [0.15, 0.2) is 28.8 Å². The van der Waals surface area contributed by atoms with Crippen LogP contribution in [0.2, 0.25) is 0 Å². The smallest absolute Gasteiger partial charge is 0.870 e. The van der Waals surface area contributed by atoms with Crippen LogP contribution in [0.3, 0.4) is 0 Å². The largest absolute Gasteiger partial charge is 1.00 e. The van der Waals surface area contributed by atoms with Gasteiger partial charge in [0.25, 0.3) is 0 Å². The standard InChI is InChI=1S/C21H21N3O7S2.C13H13N3O5S.Li.H2O/c1-14-7-9-15(10-8-14)33(28,29)31-19-17-16(6-5-11-22-17)20(23-18(19)21(25)30-2)24-12-3-4-13-32(24,26)27;17-11-9-8(4-3-5-14-9)12(15-10(11)13(18)19)16-6-1-2-7-22(16,20)21;;/h5-11H,3-4,12-13H2,1-2H3;3-5,17H,1-2,6-7H2,(H,18,19);;1H2/q;;+1;/p-1. The molecule has 0 saturated carbocycles. The maximum absolute atomic E-state index is 13.0. The van der Waals surface area contributed by atoms with Crippen LogP contribution in [0.15, 0.2) is 65.8 Å². The molecule has 4 aromatic heterocycles. The van der Waals surface area contributed by atoms with Gasteiger partial charge in [0.05, 0.1) is 18.6 Å². The first kappa shape index (κ1) is 44.6. The van der Waals surface area contributed by atoms with Crippen molar-refractivity contribution in [2.75, 3.05) is 40.3 Å². The van der Waals surface area contributed by atoms with Crippen LogP contribution in [0.25, 0.3) is 21.8 Å². The maximum Gasteiger partial charge on any atom is 1.00 e. The van der Waals surface area contributed by atoms with Gasteiger partial charge in [-0.15, -0.1) is 0 Å². The summed E-state index contributed by atoms with van der Waals surface area (Å²) in [6.07, 6.45) is 5.10. The number of sulfonamides is 2. The minimum absolute atomic E-state index is 0. The van der Waals surface area contributed by atoms with Crippen LogP contribution in [0.5, 0.6) is 11.5 Å². The number of rotatable bonds is 7. The summed E-state index contributed by atoms with van der Waals surface area (Å²) < 4.78 is 88.3. The molecule has 0 amide bonds. The third-order valence-corrected chi connectivity index (χ3v) is 13.6. The summed E-state index contributed by atoms with van der Waals surface area (Å²) in [5.41, 5.74) is -0.257. The second-order valence-electron chi connectivity index (χ2n) is 12.4. The SMILES string of the molecule is COC(=O)c1nc(N2CCCCS2(=O)=O)c2cccnc2c1OS(=O)(=O)c1ccc(C)cc1.O=C(O)c1nc(N2CCCCS2(=O)=O)c2cccnc2c1O.[Li+].[OH-]. The van der Waals surface area contributed by atoms with Crippen LogP contribution in [-0.2, 0) is 34.9 Å². The van der Waals surface area contributed by atoms with Crippen LogP contribution >= 0.6 is 0 Å². The van der Waals surface area contributed by atoms with Crippen molar-refractivity contribution in [2.45, 2.75) is 37.5 Å². The van der Waals surface area contributed by atoms with Crippen LogP contribution < -0.4 is 31.7 Å². The molecule has 0 aliphatic carbocycles. The van der Waals surface area contributed by atoms with Crippen molar-refractivity contribution in [2.24, 2.45) is 0 Å². The van der Waals surface area contributed by atoms with Crippen LogP contribution in [0, 0.1) is 6.92 Å². The number of benzene rings is 1. The summed E-state index contributed by atoms with van der Waals surface area (Å²) in [5.74, 6) is -3.55. The number of hydrogen-bond donors (Lipinski definition) is 2. The zero-order valence-electron chi connectivity index (χ0n) is 30.8. The molecular weight excluding hydrogens is 804 g/mol. The molecule has 0 spiro atoms. The number of esters is 1. The molecule has 5 aromatic rings. The number of anilines is 2. The molecule has 23 heteroatoms. The Labute approximate surface area is 339 Å². The second kappa shape index (κ2) is 17.6. The Hall–Kier alpha value is -5.11. The first-order chi connectivity index (χ1) is 26.1. The summed E-state index contributed by atoms with van der Waals surface area (Å²) in [7, 11) is -10.5. The molecule has 2 saturated heterocycles. The summed E-state index contributed by atoms with van der Waals surface area (Å²) in [4.78, 5) is 39.9. The predicted molar refractivity (Wildman–Crippen MR) is 201 cm³/mol. The van der Waals surface area contributed by atoms with E-state index in [0.29, 0.717) is 31.1 Å². The number of aromatic hydroxyl groups is 1. The zero-order valence-corrected chi connectivity index (χ0v) is 33.2. The molecule has 298 valence electrons. The van der Waals surface area contributed by atoms with Gasteiger partial charge in [0, 0.05) is 36.3 Å². The molecule has 0 atom stereocenters. The summed E-state index contributed by atoms with van der Waals surface area (Å²) >= 11 is 0. The van der Waals surface area contributed by atoms with Gasteiger partial charge in [-0.1, -0.05) is 17.7 Å². The number of carboxylic acid groups (broad SMARTS) is 1. The predicted octanol–water partition coefficient (Wildman–Crippen LogP) is 0.213. The number of aromatic nitrogens is 4. The third-order valence-electron chi connectivity index (χ3n) is 8.67. The maximum atomic E-state index is 13.0. The van der Waals surface area contributed by atoms with Gasteiger partial charge in [-0.25, -0.2) is 36.4 Å². The van der Waals surface area contributed by atoms with Crippen molar-refractivity contribution in [3.05, 3.63) is 77.9 Å². The normalized spacial score (nSPS) is 16.0. The first-order valence-electron chi connectivity index (χ1n) is 16.7. The van der Waals surface area contributed by atoms with E-state index in [-0.39, 0.29) is 81.9 Å². The molecule has 1 aromatic carbocycles. The Morgan fingerprint density at radius 1 is 0.772 bits per heavy atom. The number of carbonyl (C=O) groups excluding carboxylic acids is 1. The number of pyridine rings is 4. The monoisotopic (exact) mass is 838 g/mol. The van der Waals surface area contributed by atoms with E-state index < -0.39 is 65.0 Å². The van der Waals surface area contributed by atoms with E-state index in [9.17, 15) is 39.9 Å². The van der Waals surface area contributed by atoms with E-state index in [0.717, 1.165) is 21.3 Å². The fourth-order valence-electron chi connectivity index (χ4n) is 5.96. The van der Waals surface area contributed by atoms with E-state index in [4.69, 9.17) is 14.0 Å². The van der Waals surface area contributed by atoms with E-state index in [2.05, 4.69) is 19.9 Å². The van der Waals surface area contributed by atoms with E-state index in [1.54, 1.807) is 43.3 Å². The Bertz CT molecular complexity index is 2670. The fourth-order valence-corrected chi connectivity index (χ4v) is 10.1. The molecular formula is C34H35LiN6O13S3. The Morgan fingerprint density at radius 3 is 1.75 bits per heavy atom. The topological polar surface area (TPSA) is 284 Å². The quantitative estimate of drug-likeness (QED) is 0.126. The molecule has 0 bridgehead atoms. The van der Waals surface area contributed by atoms with Crippen molar-refractivity contribution in [1.29, 1.82) is 0 Å². The first-order valence-corrected chi connectivity index (χ1v) is 21.3. The Morgan fingerprint density at radius 2 is 1.26 bits per heavy atom. The van der Waals surface area contributed by atoms with Gasteiger partial charge in [-0.05, 0) is 69.0 Å². The van der Waals surface area contributed by atoms with E-state index >= 15 is 0 Å². The van der Waals surface area contributed by atoms with Gasteiger partial charge in [-0.3, -0.25) is 18.6 Å². The van der Waals surface area contributed by atoms with Gasteiger partial charge >= 0.3 is 40.9 Å². The molecule has 7 rings (SSSR count). The average Bonchev–Trinajstić information content (AvgIpc) is 3.15. The molecule has 3 N–H and O–H groups in total. The summed E-state index contributed by atoms with van der Waals surface area (Å²) in [6.45, 7) is 2.20. The average molecular weight is 839 g/mol. The zero-order chi connectivity index (χ0) is 39.7. The number of hydrogen-bond acceptors (Lipinski definition) is 16. The molecule has 19 nitrogen and oxygen atoms in total. The van der Waals surface area contributed by atoms with Gasteiger partial charge in [0.1, 0.15) is 15.9 Å². The molecule has 2 aliphatic heterocycles. The third kappa shape index (κ3) is 9.06. The molecule has 57 heavy (non-hydrogen) atoms. The number of carboxylic acids is 1. The molecule has 0 radical (unpaired) electrons. The number of aryl methyl sites for hydroxylation is 1. The van der Waals surface area contributed by atoms with Crippen molar-refractivity contribution in [1.82, 2.24) is 19.9 Å². The minimum atomic E-state index is -4.37. The van der Waals surface area contributed by atoms with Crippen LogP contribution in [-0.4, -0.2) is 105 Å². The molecule has 2 aliphatic rings. The van der Waals surface area contributed by atoms with Crippen molar-refractivity contribution in [3.8, 4) is 11.5 Å². The van der Waals surface area contributed by atoms with Crippen molar-refractivity contribution < 1.29 is 78.3 Å². The summed E-state index contributed by atoms with van der Waals surface area (Å²) in [5, 5.41) is 19.7. The number of ether oxygens (including phenoxy) is 1. The minimum Gasteiger partial charge on any atom is -0.870 e. The Kier molecular flexibility index (Phi) is 13.8. The number of fused-ring (bicyclic) bond motifs is 2. The van der Waals surface area contributed by atoms with Crippen LogP contribution in [0.4, 0.5) is 11.6 Å². The molecule has 2 fully saturated rings. The number of methoxy groups -OCH3 is 1. The molecule has 0 unspecified atom stereocenters. The van der Waals surface area contributed by atoms with E-state index in [1.165, 1.54) is 24.5 Å². The van der Waals surface area contributed by atoms with E-state index in [1.807, 2.05) is 0 Å². The van der Waals surface area contributed by atoms with Gasteiger partial charge < -0.3 is 24.6 Å². The number of nitrogens with zero attached hydrogens (tertiary/aromatic N) is 6. The number of carbonyl (C=O) groups is 2. The Balaban J connectivity index is 0.000000262. The van der Waals surface area contributed by atoms with Crippen LogP contribution in [0.1, 0.15) is 52.2 Å². The second-order valence-corrected chi connectivity index (χ2v) is 18.0. The molecule has 6 heterocycles. The summed E-state index contributed by atoms with van der Waals surface area (Å²) in [6, 6.07) is 12.2. The number of aromatic carboxylic acids is 1. The van der Waals surface area contributed by atoms with Crippen molar-refractivity contribution in [3.63, 3.8) is 0 Å². The van der Waals surface area contributed by atoms with Crippen molar-refractivity contribution >= 4 is 75.5 Å². The fraction of sp³-hybridized carbons (Fsp3) is 0.294.